The molecule has 0 saturated carbocycles. The van der Waals surface area contributed by atoms with Gasteiger partial charge in [-0.2, -0.15) is 5.26 Å². The van der Waals surface area contributed by atoms with Gasteiger partial charge in [0.15, 0.2) is 0 Å². The quantitative estimate of drug-likeness (QED) is 0.812. The zero-order chi connectivity index (χ0) is 15.6. The van der Waals surface area contributed by atoms with Crippen LogP contribution in [0.15, 0.2) is 60.7 Å². The fraction of sp³-hybridized carbons (Fsp3) is 0.316. The van der Waals surface area contributed by atoms with Crippen LogP contribution in [0.1, 0.15) is 24.0 Å². The number of nitrogens with zero attached hydrogens (tertiary/aromatic N) is 2. The Kier molecular flexibility index (Phi) is 6.63. The summed E-state index contributed by atoms with van der Waals surface area (Å²) in [6, 6.07) is 23.3. The Labute approximate surface area is 133 Å². The fourth-order valence-electron chi connectivity index (χ4n) is 2.66. The zero-order valence-electron chi connectivity index (χ0n) is 12.9. The highest BCUT2D eigenvalue weighted by Gasteiger charge is 2.18. The largest absolute Gasteiger partial charge is 0.330 e. The summed E-state index contributed by atoms with van der Waals surface area (Å²) >= 11 is 0. The van der Waals surface area contributed by atoms with Crippen LogP contribution >= 0.6 is 0 Å². The maximum atomic E-state index is 9.13. The Morgan fingerprint density at radius 1 is 0.909 bits per heavy atom. The third-order valence-corrected chi connectivity index (χ3v) is 3.80. The summed E-state index contributed by atoms with van der Waals surface area (Å²) in [6.45, 7) is 2.27. The fourth-order valence-corrected chi connectivity index (χ4v) is 2.66. The molecule has 2 N–H and O–H groups in total. The van der Waals surface area contributed by atoms with Crippen LogP contribution in [0.5, 0.6) is 0 Å². The molecule has 1 atom stereocenters. The van der Waals surface area contributed by atoms with Crippen LogP contribution in [0.4, 0.5) is 0 Å². The average Bonchev–Trinajstić information content (AvgIpc) is 2.56. The van der Waals surface area contributed by atoms with E-state index >= 15 is 0 Å². The average molecular weight is 293 g/mol. The Balaban J connectivity index is 2.17. The third-order valence-electron chi connectivity index (χ3n) is 3.80. The number of hydrogen-bond acceptors (Lipinski definition) is 3. The van der Waals surface area contributed by atoms with E-state index in [2.05, 4.69) is 59.5 Å². The van der Waals surface area contributed by atoms with Crippen LogP contribution in [0.25, 0.3) is 0 Å². The molecule has 22 heavy (non-hydrogen) atoms. The number of rotatable bonds is 8. The first-order valence-electron chi connectivity index (χ1n) is 7.72. The second kappa shape index (κ2) is 8.99. The molecule has 2 aromatic carbocycles. The molecule has 0 radical (unpaired) electrons. The standard InChI is InChI=1S/C19H23N3/c20-13-11-19(12-14-21)22(15-17-7-3-1-4-8-17)16-18-9-5-2-6-10-18/h1-10,19H,11-13,15-16,20H2/t19-/m1/s1. The number of hydrogen-bond donors (Lipinski definition) is 1. The molecule has 0 spiro atoms. The predicted octanol–water partition coefficient (Wildman–Crippen LogP) is 3.32. The van der Waals surface area contributed by atoms with Gasteiger partial charge in [-0.05, 0) is 24.1 Å². The topological polar surface area (TPSA) is 53.1 Å². The lowest BCUT2D eigenvalue weighted by molar-refractivity contribution is 0.172. The summed E-state index contributed by atoms with van der Waals surface area (Å²) in [5, 5.41) is 9.13. The molecular formula is C19H23N3. The predicted molar refractivity (Wildman–Crippen MR) is 89.8 cm³/mol. The molecule has 114 valence electrons. The Morgan fingerprint density at radius 3 is 1.82 bits per heavy atom. The van der Waals surface area contributed by atoms with E-state index < -0.39 is 0 Å². The normalized spacial score (nSPS) is 12.0. The van der Waals surface area contributed by atoms with Gasteiger partial charge in [0.2, 0.25) is 0 Å². The molecule has 3 heteroatoms. The molecule has 3 nitrogen and oxygen atoms in total. The van der Waals surface area contributed by atoms with Gasteiger partial charge in [0.1, 0.15) is 0 Å². The van der Waals surface area contributed by atoms with E-state index in [9.17, 15) is 0 Å². The van der Waals surface area contributed by atoms with Gasteiger partial charge >= 0.3 is 0 Å². The van der Waals surface area contributed by atoms with Crippen molar-refractivity contribution in [2.45, 2.75) is 32.0 Å². The summed E-state index contributed by atoms with van der Waals surface area (Å²) in [5.74, 6) is 0. The van der Waals surface area contributed by atoms with Gasteiger partial charge in [0.05, 0.1) is 12.5 Å². The molecule has 0 aliphatic carbocycles. The zero-order valence-corrected chi connectivity index (χ0v) is 12.9. The molecule has 0 unspecified atom stereocenters. The van der Waals surface area contributed by atoms with Crippen molar-refractivity contribution in [2.75, 3.05) is 6.54 Å². The second-order valence-electron chi connectivity index (χ2n) is 5.47. The van der Waals surface area contributed by atoms with Gasteiger partial charge in [-0.1, -0.05) is 60.7 Å². The summed E-state index contributed by atoms with van der Waals surface area (Å²) < 4.78 is 0. The maximum Gasteiger partial charge on any atom is 0.0638 e. The van der Waals surface area contributed by atoms with Crippen LogP contribution in [-0.4, -0.2) is 17.5 Å². The Hall–Kier alpha value is -2.15. The lowest BCUT2D eigenvalue weighted by atomic mass is 10.1. The molecule has 0 aliphatic heterocycles. The monoisotopic (exact) mass is 293 g/mol. The minimum absolute atomic E-state index is 0.190. The molecule has 2 rings (SSSR count). The molecule has 0 aromatic heterocycles. The van der Waals surface area contributed by atoms with Crippen LogP contribution < -0.4 is 5.73 Å². The summed E-state index contributed by atoms with van der Waals surface area (Å²) in [6.07, 6.45) is 1.35. The van der Waals surface area contributed by atoms with E-state index in [1.54, 1.807) is 0 Å². The van der Waals surface area contributed by atoms with Crippen molar-refractivity contribution in [1.29, 1.82) is 5.26 Å². The van der Waals surface area contributed by atoms with E-state index in [4.69, 9.17) is 11.0 Å². The maximum absolute atomic E-state index is 9.13. The van der Waals surface area contributed by atoms with E-state index in [0.29, 0.717) is 13.0 Å². The highest BCUT2D eigenvalue weighted by molar-refractivity contribution is 5.17. The Bertz CT molecular complexity index is 533. The van der Waals surface area contributed by atoms with Crippen LogP contribution in [-0.2, 0) is 13.1 Å². The number of nitriles is 1. The molecule has 0 saturated heterocycles. The number of benzene rings is 2. The molecule has 0 heterocycles. The minimum Gasteiger partial charge on any atom is -0.330 e. The minimum atomic E-state index is 0.190. The van der Waals surface area contributed by atoms with Crippen molar-refractivity contribution >= 4 is 0 Å². The van der Waals surface area contributed by atoms with E-state index in [-0.39, 0.29) is 6.04 Å². The molecule has 0 fully saturated rings. The van der Waals surface area contributed by atoms with Crippen LogP contribution in [0.2, 0.25) is 0 Å². The van der Waals surface area contributed by atoms with Crippen molar-refractivity contribution in [3.05, 3.63) is 71.8 Å². The van der Waals surface area contributed by atoms with Gasteiger partial charge < -0.3 is 5.73 Å². The van der Waals surface area contributed by atoms with Crippen molar-refractivity contribution in [3.8, 4) is 6.07 Å². The van der Waals surface area contributed by atoms with Gasteiger partial charge in [-0.3, -0.25) is 4.90 Å². The first kappa shape index (κ1) is 16.2. The van der Waals surface area contributed by atoms with Gasteiger partial charge in [0, 0.05) is 19.1 Å². The van der Waals surface area contributed by atoms with Gasteiger partial charge in [-0.15, -0.1) is 0 Å². The van der Waals surface area contributed by atoms with Crippen molar-refractivity contribution in [3.63, 3.8) is 0 Å². The summed E-state index contributed by atoms with van der Waals surface area (Å²) in [5.41, 5.74) is 8.27. The lowest BCUT2D eigenvalue weighted by Gasteiger charge is -2.30. The van der Waals surface area contributed by atoms with E-state index in [1.807, 2.05) is 12.1 Å². The SMILES string of the molecule is N#CC[C@@H](CCN)N(Cc1ccccc1)Cc1ccccc1. The highest BCUT2D eigenvalue weighted by atomic mass is 15.2. The molecule has 0 aliphatic rings. The molecule has 2 aromatic rings. The smallest absolute Gasteiger partial charge is 0.0638 e. The third kappa shape index (κ3) is 5.00. The van der Waals surface area contributed by atoms with Crippen molar-refractivity contribution in [2.24, 2.45) is 5.73 Å². The number of nitrogens with two attached hydrogens (primary N) is 1. The highest BCUT2D eigenvalue weighted by Crippen LogP contribution is 2.17. The first-order valence-corrected chi connectivity index (χ1v) is 7.72. The summed E-state index contributed by atoms with van der Waals surface area (Å²) in [4.78, 5) is 2.36. The van der Waals surface area contributed by atoms with Crippen LogP contribution in [0.3, 0.4) is 0 Å². The van der Waals surface area contributed by atoms with E-state index in [0.717, 1.165) is 19.5 Å². The lowest BCUT2D eigenvalue weighted by Crippen LogP contribution is -2.35. The molecule has 0 bridgehead atoms. The van der Waals surface area contributed by atoms with Crippen molar-refractivity contribution < 1.29 is 0 Å². The van der Waals surface area contributed by atoms with E-state index in [1.165, 1.54) is 11.1 Å². The van der Waals surface area contributed by atoms with Crippen LogP contribution in [0, 0.1) is 11.3 Å². The van der Waals surface area contributed by atoms with Gasteiger partial charge in [-0.25, -0.2) is 0 Å². The molecule has 0 amide bonds. The molecular weight excluding hydrogens is 270 g/mol. The Morgan fingerprint density at radius 2 is 1.41 bits per heavy atom. The van der Waals surface area contributed by atoms with Crippen molar-refractivity contribution in [1.82, 2.24) is 4.90 Å². The first-order chi connectivity index (χ1) is 10.8. The van der Waals surface area contributed by atoms with Gasteiger partial charge in [0.25, 0.3) is 0 Å². The summed E-state index contributed by atoms with van der Waals surface area (Å²) in [7, 11) is 0. The second-order valence-corrected chi connectivity index (χ2v) is 5.47.